The summed E-state index contributed by atoms with van der Waals surface area (Å²) < 4.78 is 10.8. The summed E-state index contributed by atoms with van der Waals surface area (Å²) in [5.74, 6) is 3.18. The Labute approximate surface area is 122 Å². The zero-order valence-electron chi connectivity index (χ0n) is 13.1. The van der Waals surface area contributed by atoms with E-state index in [9.17, 15) is 0 Å². The van der Waals surface area contributed by atoms with Gasteiger partial charge in [0, 0.05) is 12.6 Å². The highest BCUT2D eigenvalue weighted by Crippen LogP contribution is 2.32. The van der Waals surface area contributed by atoms with Gasteiger partial charge in [0.15, 0.2) is 11.5 Å². The van der Waals surface area contributed by atoms with Crippen molar-refractivity contribution in [3.8, 4) is 11.5 Å². The van der Waals surface area contributed by atoms with Crippen molar-refractivity contribution >= 4 is 0 Å². The van der Waals surface area contributed by atoms with E-state index in [4.69, 9.17) is 9.47 Å². The topological polar surface area (TPSA) is 30.5 Å². The van der Waals surface area contributed by atoms with E-state index in [-0.39, 0.29) is 0 Å². The van der Waals surface area contributed by atoms with Gasteiger partial charge < -0.3 is 14.8 Å². The smallest absolute Gasteiger partial charge is 0.231 e. The summed E-state index contributed by atoms with van der Waals surface area (Å²) >= 11 is 0. The number of ether oxygens (including phenoxy) is 2. The third kappa shape index (κ3) is 4.41. The minimum absolute atomic E-state index is 0.343. The third-order valence-corrected chi connectivity index (χ3v) is 3.54. The van der Waals surface area contributed by atoms with E-state index in [0.717, 1.165) is 29.9 Å². The van der Waals surface area contributed by atoms with Crippen LogP contribution in [0.25, 0.3) is 0 Å². The molecule has 3 nitrogen and oxygen atoms in total. The molecule has 0 fully saturated rings. The van der Waals surface area contributed by atoms with E-state index >= 15 is 0 Å². The van der Waals surface area contributed by atoms with Crippen LogP contribution in [-0.2, 0) is 6.54 Å². The van der Waals surface area contributed by atoms with Crippen molar-refractivity contribution in [3.05, 3.63) is 23.8 Å². The average molecular weight is 277 g/mol. The normalized spacial score (nSPS) is 13.8. The van der Waals surface area contributed by atoms with E-state index in [1.807, 2.05) is 6.07 Å². The first kappa shape index (κ1) is 15.2. The largest absolute Gasteiger partial charge is 0.454 e. The molecule has 1 heterocycles. The van der Waals surface area contributed by atoms with Crippen LogP contribution in [0.3, 0.4) is 0 Å². The number of hydrogen-bond donors (Lipinski definition) is 1. The van der Waals surface area contributed by atoms with Gasteiger partial charge in [-0.05, 0) is 42.4 Å². The van der Waals surface area contributed by atoms with Gasteiger partial charge in [0.25, 0.3) is 0 Å². The maximum atomic E-state index is 5.43. The van der Waals surface area contributed by atoms with Gasteiger partial charge in [0.1, 0.15) is 0 Å². The molecule has 0 amide bonds. The van der Waals surface area contributed by atoms with Crippen molar-refractivity contribution in [2.75, 3.05) is 6.79 Å². The van der Waals surface area contributed by atoms with Crippen molar-refractivity contribution in [2.24, 2.45) is 11.8 Å². The molecule has 2 rings (SSSR count). The minimum Gasteiger partial charge on any atom is -0.454 e. The molecule has 0 unspecified atom stereocenters. The Balaban J connectivity index is 1.91. The van der Waals surface area contributed by atoms with Gasteiger partial charge in [-0.1, -0.05) is 33.8 Å². The molecule has 0 saturated carbocycles. The van der Waals surface area contributed by atoms with Crippen LogP contribution in [0.5, 0.6) is 11.5 Å². The Morgan fingerprint density at radius 1 is 1.00 bits per heavy atom. The fourth-order valence-electron chi connectivity index (χ4n) is 2.71. The molecule has 0 aromatic heterocycles. The number of fused-ring (bicyclic) bond motifs is 1. The van der Waals surface area contributed by atoms with Crippen molar-refractivity contribution in [3.63, 3.8) is 0 Å². The van der Waals surface area contributed by atoms with Gasteiger partial charge in [-0.25, -0.2) is 0 Å². The van der Waals surface area contributed by atoms with Crippen molar-refractivity contribution < 1.29 is 9.47 Å². The van der Waals surface area contributed by atoms with Gasteiger partial charge in [-0.2, -0.15) is 0 Å². The lowest BCUT2D eigenvalue weighted by Crippen LogP contribution is -2.31. The number of benzene rings is 1. The van der Waals surface area contributed by atoms with Crippen LogP contribution in [0.15, 0.2) is 18.2 Å². The fourth-order valence-corrected chi connectivity index (χ4v) is 2.71. The molecule has 0 bridgehead atoms. The van der Waals surface area contributed by atoms with Crippen LogP contribution in [0, 0.1) is 11.8 Å². The Hall–Kier alpha value is -1.22. The molecule has 1 aromatic carbocycles. The highest BCUT2D eigenvalue weighted by molar-refractivity contribution is 5.44. The second-order valence-electron chi connectivity index (χ2n) is 6.52. The first-order valence-corrected chi connectivity index (χ1v) is 7.66. The number of rotatable bonds is 7. The van der Waals surface area contributed by atoms with E-state index in [1.54, 1.807) is 0 Å². The quantitative estimate of drug-likeness (QED) is 0.818. The summed E-state index contributed by atoms with van der Waals surface area (Å²) in [6, 6.07) is 6.78. The monoisotopic (exact) mass is 277 g/mol. The Morgan fingerprint density at radius 3 is 2.30 bits per heavy atom. The molecular weight excluding hydrogens is 250 g/mol. The van der Waals surface area contributed by atoms with Crippen molar-refractivity contribution in [1.29, 1.82) is 0 Å². The third-order valence-electron chi connectivity index (χ3n) is 3.54. The molecule has 1 N–H and O–H groups in total. The maximum absolute atomic E-state index is 5.43. The molecule has 1 aromatic rings. The molecule has 0 spiro atoms. The Bertz CT molecular complexity index is 419. The lowest BCUT2D eigenvalue weighted by Gasteiger charge is -2.22. The highest BCUT2D eigenvalue weighted by atomic mass is 16.7. The lowest BCUT2D eigenvalue weighted by molar-refractivity contribution is 0.174. The van der Waals surface area contributed by atoms with Gasteiger partial charge in [0.05, 0.1) is 0 Å². The zero-order valence-corrected chi connectivity index (χ0v) is 13.1. The molecule has 1 aliphatic rings. The zero-order chi connectivity index (χ0) is 14.5. The van der Waals surface area contributed by atoms with E-state index in [2.05, 4.69) is 45.1 Å². The summed E-state index contributed by atoms with van der Waals surface area (Å²) in [6.45, 7) is 10.4. The van der Waals surface area contributed by atoms with Crippen LogP contribution < -0.4 is 14.8 Å². The molecule has 3 heteroatoms. The van der Waals surface area contributed by atoms with Gasteiger partial charge in [-0.3, -0.25) is 0 Å². The fraction of sp³-hybridized carbons (Fsp3) is 0.647. The van der Waals surface area contributed by atoms with Gasteiger partial charge in [-0.15, -0.1) is 0 Å². The first-order chi connectivity index (χ1) is 9.54. The second kappa shape index (κ2) is 6.98. The van der Waals surface area contributed by atoms with Gasteiger partial charge in [0.2, 0.25) is 6.79 Å². The summed E-state index contributed by atoms with van der Waals surface area (Å²) in [5, 5.41) is 3.69. The highest BCUT2D eigenvalue weighted by Gasteiger charge is 2.15. The predicted molar refractivity (Wildman–Crippen MR) is 82.1 cm³/mol. The average Bonchev–Trinajstić information content (AvgIpc) is 2.81. The number of hydrogen-bond acceptors (Lipinski definition) is 3. The maximum Gasteiger partial charge on any atom is 0.231 e. The van der Waals surface area contributed by atoms with E-state index in [1.165, 1.54) is 18.4 Å². The second-order valence-corrected chi connectivity index (χ2v) is 6.52. The molecule has 0 radical (unpaired) electrons. The molecule has 112 valence electrons. The molecule has 0 aliphatic carbocycles. The van der Waals surface area contributed by atoms with Crippen LogP contribution in [0.4, 0.5) is 0 Å². The Morgan fingerprint density at radius 2 is 1.65 bits per heavy atom. The lowest BCUT2D eigenvalue weighted by atomic mass is 9.95. The Kier molecular flexibility index (Phi) is 5.30. The van der Waals surface area contributed by atoms with Crippen molar-refractivity contribution in [2.45, 2.75) is 53.1 Å². The van der Waals surface area contributed by atoms with E-state index in [0.29, 0.717) is 12.8 Å². The number of nitrogens with one attached hydrogen (secondary N) is 1. The van der Waals surface area contributed by atoms with Crippen molar-refractivity contribution in [1.82, 2.24) is 5.32 Å². The van der Waals surface area contributed by atoms with Crippen LogP contribution in [0.2, 0.25) is 0 Å². The predicted octanol–water partition coefficient (Wildman–Crippen LogP) is 3.97. The summed E-state index contributed by atoms with van der Waals surface area (Å²) in [4.78, 5) is 0. The minimum atomic E-state index is 0.343. The van der Waals surface area contributed by atoms with Gasteiger partial charge >= 0.3 is 0 Å². The molecule has 1 aliphatic heterocycles. The molecule has 0 saturated heterocycles. The standard InChI is InChI=1S/C17H27NO2/c1-12(2)7-15(8-13(3)4)18-10-14-5-6-16-17(9-14)20-11-19-16/h5-6,9,12-13,15,18H,7-8,10-11H2,1-4H3. The van der Waals surface area contributed by atoms with Crippen LogP contribution in [0.1, 0.15) is 46.1 Å². The first-order valence-electron chi connectivity index (χ1n) is 7.66. The summed E-state index contributed by atoms with van der Waals surface area (Å²) in [5.41, 5.74) is 1.26. The molecular formula is C17H27NO2. The SMILES string of the molecule is CC(C)CC(CC(C)C)NCc1ccc2c(c1)OCO2. The van der Waals surface area contributed by atoms with E-state index < -0.39 is 0 Å². The summed E-state index contributed by atoms with van der Waals surface area (Å²) in [6.07, 6.45) is 2.45. The molecule has 20 heavy (non-hydrogen) atoms. The van der Waals surface area contributed by atoms with Crippen LogP contribution in [-0.4, -0.2) is 12.8 Å². The van der Waals surface area contributed by atoms with Crippen LogP contribution >= 0.6 is 0 Å². The summed E-state index contributed by atoms with van der Waals surface area (Å²) in [7, 11) is 0. The molecule has 0 atom stereocenters.